The molecular formula is C25H15F2NO2. The maximum Gasteiger partial charge on any atom is 0.259 e. The van der Waals surface area contributed by atoms with E-state index in [1.165, 1.54) is 12.1 Å². The normalized spacial score (nSPS) is 14.0. The van der Waals surface area contributed by atoms with Gasteiger partial charge in [0.1, 0.15) is 0 Å². The van der Waals surface area contributed by atoms with Gasteiger partial charge in [-0.1, -0.05) is 48.2 Å². The molecule has 0 saturated heterocycles. The van der Waals surface area contributed by atoms with Gasteiger partial charge in [0.15, 0.2) is 11.6 Å². The van der Waals surface area contributed by atoms with Gasteiger partial charge in [0.25, 0.3) is 5.91 Å². The zero-order chi connectivity index (χ0) is 21.1. The molecule has 0 aromatic heterocycles. The van der Waals surface area contributed by atoms with Crippen LogP contribution < -0.4 is 5.32 Å². The fourth-order valence-electron chi connectivity index (χ4n) is 3.10. The zero-order valence-corrected chi connectivity index (χ0v) is 15.7. The van der Waals surface area contributed by atoms with E-state index >= 15 is 0 Å². The lowest BCUT2D eigenvalue weighted by Gasteiger charge is -2.18. The Hall–Kier alpha value is -4.04. The molecule has 4 rings (SSSR count). The van der Waals surface area contributed by atoms with Crippen molar-refractivity contribution in [1.29, 1.82) is 0 Å². The summed E-state index contributed by atoms with van der Waals surface area (Å²) in [5.41, 5.74) is 2.48. The number of halogens is 2. The summed E-state index contributed by atoms with van der Waals surface area (Å²) in [7, 11) is 0. The second-order valence-electron chi connectivity index (χ2n) is 6.74. The lowest BCUT2D eigenvalue weighted by Crippen LogP contribution is -2.27. The molecular weight excluding hydrogens is 384 g/mol. The van der Waals surface area contributed by atoms with Crippen LogP contribution in [0.3, 0.4) is 0 Å². The summed E-state index contributed by atoms with van der Waals surface area (Å²) >= 11 is 0. The summed E-state index contributed by atoms with van der Waals surface area (Å²) in [6.07, 6.45) is 1.82. The second kappa shape index (κ2) is 8.14. The van der Waals surface area contributed by atoms with E-state index < -0.39 is 23.3 Å². The highest BCUT2D eigenvalue weighted by Crippen LogP contribution is 2.27. The summed E-state index contributed by atoms with van der Waals surface area (Å²) in [4.78, 5) is 25.2. The molecule has 0 radical (unpaired) electrons. The Morgan fingerprint density at radius 3 is 2.47 bits per heavy atom. The molecule has 0 unspecified atom stereocenters. The zero-order valence-electron chi connectivity index (χ0n) is 15.7. The van der Waals surface area contributed by atoms with Crippen LogP contribution in [0.25, 0.3) is 6.08 Å². The van der Waals surface area contributed by atoms with Gasteiger partial charge < -0.3 is 5.32 Å². The number of anilines is 1. The first-order valence-electron chi connectivity index (χ1n) is 9.21. The predicted octanol–water partition coefficient (Wildman–Crippen LogP) is 4.78. The average molecular weight is 399 g/mol. The predicted molar refractivity (Wildman–Crippen MR) is 111 cm³/mol. The number of nitrogens with one attached hydrogen (secondary N) is 1. The van der Waals surface area contributed by atoms with Crippen molar-refractivity contribution in [2.75, 3.05) is 5.32 Å². The van der Waals surface area contributed by atoms with Crippen LogP contribution in [0.5, 0.6) is 0 Å². The molecule has 0 atom stereocenters. The smallest absolute Gasteiger partial charge is 0.259 e. The van der Waals surface area contributed by atoms with Crippen LogP contribution in [0.4, 0.5) is 14.5 Å². The third kappa shape index (κ3) is 4.03. The van der Waals surface area contributed by atoms with Gasteiger partial charge in [-0.3, -0.25) is 9.59 Å². The number of hydrogen-bond acceptors (Lipinski definition) is 2. The summed E-state index contributed by atoms with van der Waals surface area (Å²) < 4.78 is 26.6. The van der Waals surface area contributed by atoms with E-state index in [9.17, 15) is 18.4 Å². The van der Waals surface area contributed by atoms with Crippen molar-refractivity contribution in [1.82, 2.24) is 0 Å². The van der Waals surface area contributed by atoms with Crippen LogP contribution >= 0.6 is 0 Å². The van der Waals surface area contributed by atoms with Crippen molar-refractivity contribution in [3.8, 4) is 11.8 Å². The Morgan fingerprint density at radius 1 is 0.900 bits per heavy atom. The van der Waals surface area contributed by atoms with Crippen LogP contribution in [0.2, 0.25) is 0 Å². The largest absolute Gasteiger partial charge is 0.321 e. The third-order valence-electron chi connectivity index (χ3n) is 4.62. The Kier molecular flexibility index (Phi) is 5.23. The number of amides is 1. The number of carbonyl (C=O) groups excluding carboxylic acids is 2. The van der Waals surface area contributed by atoms with E-state index in [4.69, 9.17) is 0 Å². The molecule has 1 amide bonds. The third-order valence-corrected chi connectivity index (χ3v) is 4.62. The molecule has 3 nitrogen and oxygen atoms in total. The van der Waals surface area contributed by atoms with Crippen molar-refractivity contribution in [3.63, 3.8) is 0 Å². The van der Waals surface area contributed by atoms with Gasteiger partial charge in [0, 0.05) is 17.5 Å². The standard InChI is InChI=1S/C25H15F2NO2/c26-21-11-9-18(15-22(21)27)14-20-24(29)19-13-17(10-12-23(19)28-25(20)30)8-4-7-16-5-2-1-3-6-16/h1-3,5-6,9-15H,7H2,(H,28,30)/b20-14-. The maximum atomic E-state index is 13.5. The van der Waals surface area contributed by atoms with Gasteiger partial charge in [-0.15, -0.1) is 0 Å². The molecule has 1 N–H and O–H groups in total. The highest BCUT2D eigenvalue weighted by Gasteiger charge is 2.28. The molecule has 30 heavy (non-hydrogen) atoms. The van der Waals surface area contributed by atoms with Crippen molar-refractivity contribution in [2.24, 2.45) is 0 Å². The van der Waals surface area contributed by atoms with E-state index in [-0.39, 0.29) is 11.1 Å². The first-order chi connectivity index (χ1) is 14.5. The molecule has 1 heterocycles. The maximum absolute atomic E-state index is 13.5. The Balaban J connectivity index is 1.62. The van der Waals surface area contributed by atoms with Gasteiger partial charge in [-0.05, 0) is 47.5 Å². The summed E-state index contributed by atoms with van der Waals surface area (Å²) in [5, 5.41) is 2.65. The van der Waals surface area contributed by atoms with E-state index in [1.54, 1.807) is 18.2 Å². The lowest BCUT2D eigenvalue weighted by molar-refractivity contribution is -0.112. The van der Waals surface area contributed by atoms with Gasteiger partial charge in [0.2, 0.25) is 5.78 Å². The summed E-state index contributed by atoms with van der Waals surface area (Å²) in [6, 6.07) is 17.9. The minimum absolute atomic E-state index is 0.150. The second-order valence-corrected chi connectivity index (χ2v) is 6.74. The van der Waals surface area contributed by atoms with Gasteiger partial charge in [-0.25, -0.2) is 8.78 Å². The van der Waals surface area contributed by atoms with Crippen molar-refractivity contribution in [2.45, 2.75) is 6.42 Å². The summed E-state index contributed by atoms with van der Waals surface area (Å²) in [5.74, 6) is 2.95. The minimum atomic E-state index is -1.05. The molecule has 146 valence electrons. The van der Waals surface area contributed by atoms with Crippen LogP contribution in [0, 0.1) is 23.5 Å². The van der Waals surface area contributed by atoms with Crippen LogP contribution in [0.15, 0.2) is 72.3 Å². The van der Waals surface area contributed by atoms with Crippen LogP contribution in [-0.4, -0.2) is 11.7 Å². The Morgan fingerprint density at radius 2 is 1.70 bits per heavy atom. The average Bonchev–Trinajstić information content (AvgIpc) is 2.75. The molecule has 1 aliphatic heterocycles. The van der Waals surface area contributed by atoms with E-state index in [0.29, 0.717) is 23.2 Å². The number of carbonyl (C=O) groups is 2. The number of benzene rings is 3. The van der Waals surface area contributed by atoms with Gasteiger partial charge in [-0.2, -0.15) is 0 Å². The lowest BCUT2D eigenvalue weighted by atomic mass is 9.93. The first-order valence-corrected chi connectivity index (χ1v) is 9.21. The highest BCUT2D eigenvalue weighted by molar-refractivity contribution is 6.36. The summed E-state index contributed by atoms with van der Waals surface area (Å²) in [6.45, 7) is 0. The number of rotatable bonds is 2. The van der Waals surface area contributed by atoms with E-state index in [2.05, 4.69) is 17.2 Å². The molecule has 0 bridgehead atoms. The monoisotopic (exact) mass is 399 g/mol. The Labute approximate surface area is 172 Å². The number of hydrogen-bond donors (Lipinski definition) is 1. The van der Waals surface area contributed by atoms with Crippen molar-refractivity contribution >= 4 is 23.5 Å². The molecule has 0 fully saturated rings. The Bertz CT molecular complexity index is 1250. The SMILES string of the molecule is O=C1Nc2ccc(C#CCc3ccccc3)cc2C(=O)/C1=C/c1ccc(F)c(F)c1. The molecule has 3 aromatic rings. The number of Topliss-reactive ketones (excluding diaryl/α,β-unsaturated/α-hetero) is 1. The fourth-order valence-corrected chi connectivity index (χ4v) is 3.10. The minimum Gasteiger partial charge on any atom is -0.321 e. The molecule has 3 aromatic carbocycles. The van der Waals surface area contributed by atoms with Crippen LogP contribution in [0.1, 0.15) is 27.0 Å². The van der Waals surface area contributed by atoms with E-state index in [0.717, 1.165) is 17.7 Å². The molecule has 0 saturated carbocycles. The fraction of sp³-hybridized carbons (Fsp3) is 0.0400. The van der Waals surface area contributed by atoms with Gasteiger partial charge >= 0.3 is 0 Å². The molecule has 5 heteroatoms. The number of fused-ring (bicyclic) bond motifs is 1. The quantitative estimate of drug-likeness (QED) is 0.383. The topological polar surface area (TPSA) is 46.2 Å². The van der Waals surface area contributed by atoms with Crippen molar-refractivity contribution < 1.29 is 18.4 Å². The first kappa shape index (κ1) is 19.3. The molecule has 0 spiro atoms. The van der Waals surface area contributed by atoms with E-state index in [1.807, 2.05) is 30.3 Å². The molecule has 0 aliphatic carbocycles. The highest BCUT2D eigenvalue weighted by atomic mass is 19.2. The number of ketones is 1. The molecule has 1 aliphatic rings. The van der Waals surface area contributed by atoms with Crippen molar-refractivity contribution in [3.05, 3.63) is 106 Å². The van der Waals surface area contributed by atoms with Gasteiger partial charge in [0.05, 0.1) is 11.3 Å². The van der Waals surface area contributed by atoms with Crippen LogP contribution in [-0.2, 0) is 11.2 Å².